The van der Waals surface area contributed by atoms with Gasteiger partial charge in [0.05, 0.1) is 10.5 Å². The Morgan fingerprint density at radius 3 is 2.30 bits per heavy atom. The minimum absolute atomic E-state index is 0.153. The molecule has 6 heteroatoms. The van der Waals surface area contributed by atoms with Gasteiger partial charge in [0.25, 0.3) is 0 Å². The summed E-state index contributed by atoms with van der Waals surface area (Å²) in [4.78, 5) is 21.1. The molecular weight excluding hydrogens is 265 g/mol. The van der Waals surface area contributed by atoms with Crippen molar-refractivity contribution in [3.05, 3.63) is 57.9 Å². The van der Waals surface area contributed by atoms with Gasteiger partial charge in [0.1, 0.15) is 5.82 Å². The molecule has 102 valence electrons. The Morgan fingerprint density at radius 2 is 1.80 bits per heavy atom. The largest absolute Gasteiger partial charge is 0.502 e. The van der Waals surface area contributed by atoms with Crippen LogP contribution in [-0.4, -0.2) is 15.8 Å². The van der Waals surface area contributed by atoms with E-state index in [1.807, 2.05) is 0 Å². The number of nitro groups is 1. The molecule has 0 unspecified atom stereocenters. The Hall–Kier alpha value is -2.76. The summed E-state index contributed by atoms with van der Waals surface area (Å²) in [7, 11) is 0. The lowest BCUT2D eigenvalue weighted by Gasteiger charge is -2.07. The van der Waals surface area contributed by atoms with Gasteiger partial charge in [-0.1, -0.05) is 24.3 Å². The number of nitro benzene ring substituents is 1. The van der Waals surface area contributed by atoms with E-state index in [0.717, 1.165) is 12.1 Å². The molecule has 2 aromatic carbocycles. The fourth-order valence-electron chi connectivity index (χ4n) is 1.85. The summed E-state index contributed by atoms with van der Waals surface area (Å²) in [6, 6.07) is 7.62. The van der Waals surface area contributed by atoms with Gasteiger partial charge in [0.2, 0.25) is 5.75 Å². The molecule has 0 aromatic heterocycles. The zero-order valence-electron chi connectivity index (χ0n) is 10.5. The second kappa shape index (κ2) is 5.08. The summed E-state index contributed by atoms with van der Waals surface area (Å²) in [5.41, 5.74) is -0.140. The Morgan fingerprint density at radius 1 is 1.20 bits per heavy atom. The van der Waals surface area contributed by atoms with Gasteiger partial charge in [-0.05, 0) is 18.6 Å². The first-order valence-electron chi connectivity index (χ1n) is 5.69. The van der Waals surface area contributed by atoms with E-state index in [1.165, 1.54) is 31.2 Å². The highest BCUT2D eigenvalue weighted by molar-refractivity contribution is 5.94. The lowest BCUT2D eigenvalue weighted by Crippen LogP contribution is -1.94. The maximum Gasteiger partial charge on any atom is 0.311 e. The van der Waals surface area contributed by atoms with Crippen LogP contribution >= 0.6 is 0 Å². The first-order chi connectivity index (χ1) is 9.41. The second-order valence-electron chi connectivity index (χ2n) is 4.18. The number of halogens is 1. The van der Waals surface area contributed by atoms with Gasteiger partial charge in [-0.15, -0.1) is 0 Å². The van der Waals surface area contributed by atoms with Crippen LogP contribution in [0.15, 0.2) is 36.4 Å². The highest BCUT2D eigenvalue weighted by Gasteiger charge is 2.21. The molecule has 2 aromatic rings. The second-order valence-corrected chi connectivity index (χ2v) is 4.18. The average molecular weight is 275 g/mol. The van der Waals surface area contributed by atoms with Crippen molar-refractivity contribution in [3.8, 4) is 16.9 Å². The summed E-state index contributed by atoms with van der Waals surface area (Å²) >= 11 is 0. The van der Waals surface area contributed by atoms with E-state index in [0.29, 0.717) is 5.56 Å². The summed E-state index contributed by atoms with van der Waals surface area (Å²) in [5.74, 6) is -1.66. The smallest absolute Gasteiger partial charge is 0.311 e. The molecule has 0 aliphatic heterocycles. The molecular formula is C14H10FNO4. The van der Waals surface area contributed by atoms with Crippen molar-refractivity contribution in [2.75, 3.05) is 0 Å². The number of rotatable bonds is 3. The summed E-state index contributed by atoms with van der Waals surface area (Å²) in [5, 5.41) is 20.6. The number of aromatic hydroxyl groups is 1. The number of carbonyl (C=O) groups excluding carboxylic acids is 1. The number of Topliss-reactive ketones (excluding diaryl/α,β-unsaturated/α-hetero) is 1. The van der Waals surface area contributed by atoms with Crippen LogP contribution in [0.2, 0.25) is 0 Å². The number of nitrogens with zero attached hydrogens (tertiary/aromatic N) is 1. The fourth-order valence-corrected chi connectivity index (χ4v) is 1.85. The van der Waals surface area contributed by atoms with Gasteiger partial charge in [-0.3, -0.25) is 14.9 Å². The third kappa shape index (κ3) is 2.35. The van der Waals surface area contributed by atoms with E-state index in [-0.39, 0.29) is 16.9 Å². The molecule has 20 heavy (non-hydrogen) atoms. The molecule has 0 spiro atoms. The molecule has 1 N–H and O–H groups in total. The van der Waals surface area contributed by atoms with E-state index in [2.05, 4.69) is 0 Å². The lowest BCUT2D eigenvalue weighted by molar-refractivity contribution is -0.385. The predicted molar refractivity (Wildman–Crippen MR) is 70.2 cm³/mol. The van der Waals surface area contributed by atoms with Crippen molar-refractivity contribution in [2.24, 2.45) is 0 Å². The Balaban J connectivity index is 2.60. The maximum atomic E-state index is 13.8. The minimum Gasteiger partial charge on any atom is -0.502 e. The fraction of sp³-hybridized carbons (Fsp3) is 0.0714. The number of carbonyl (C=O) groups is 1. The summed E-state index contributed by atoms with van der Waals surface area (Å²) in [6.45, 7) is 1.39. The number of phenols is 1. The van der Waals surface area contributed by atoms with E-state index >= 15 is 0 Å². The van der Waals surface area contributed by atoms with Crippen LogP contribution in [0.4, 0.5) is 10.1 Å². The van der Waals surface area contributed by atoms with Crippen LogP contribution in [0, 0.1) is 15.9 Å². The number of hydrogen-bond donors (Lipinski definition) is 1. The zero-order chi connectivity index (χ0) is 14.9. The van der Waals surface area contributed by atoms with Crippen molar-refractivity contribution >= 4 is 11.5 Å². The van der Waals surface area contributed by atoms with Gasteiger partial charge < -0.3 is 5.11 Å². The summed E-state index contributed by atoms with van der Waals surface area (Å²) < 4.78 is 13.8. The van der Waals surface area contributed by atoms with Crippen LogP contribution in [0.25, 0.3) is 11.1 Å². The minimum atomic E-state index is -0.789. The third-order valence-electron chi connectivity index (χ3n) is 2.88. The Bertz CT molecular complexity index is 695. The quantitative estimate of drug-likeness (QED) is 0.529. The molecule has 0 bridgehead atoms. The average Bonchev–Trinajstić information content (AvgIpc) is 2.38. The van der Waals surface area contributed by atoms with E-state index in [4.69, 9.17) is 0 Å². The maximum absolute atomic E-state index is 13.8. The third-order valence-corrected chi connectivity index (χ3v) is 2.88. The summed E-state index contributed by atoms with van der Waals surface area (Å²) in [6.07, 6.45) is 0. The number of hydrogen-bond acceptors (Lipinski definition) is 4. The van der Waals surface area contributed by atoms with Crippen LogP contribution in [0.5, 0.6) is 5.75 Å². The van der Waals surface area contributed by atoms with Gasteiger partial charge in [-0.2, -0.15) is 0 Å². The highest BCUT2D eigenvalue weighted by Crippen LogP contribution is 2.38. The molecule has 0 heterocycles. The topological polar surface area (TPSA) is 80.4 Å². The predicted octanol–water partition coefficient (Wildman–Crippen LogP) is 3.31. The SMILES string of the molecule is CC(=O)c1ccc(-c2c(F)ccc([N+](=O)[O-])c2O)cc1. The first-order valence-corrected chi connectivity index (χ1v) is 5.69. The van der Waals surface area contributed by atoms with E-state index in [1.54, 1.807) is 0 Å². The van der Waals surface area contributed by atoms with Crippen LogP contribution in [-0.2, 0) is 0 Å². The van der Waals surface area contributed by atoms with Crippen molar-refractivity contribution in [1.29, 1.82) is 0 Å². The Kier molecular flexibility index (Phi) is 3.47. The van der Waals surface area contributed by atoms with Gasteiger partial charge in [0, 0.05) is 11.6 Å². The number of ketones is 1. The van der Waals surface area contributed by atoms with Gasteiger partial charge in [0.15, 0.2) is 5.78 Å². The molecule has 0 fully saturated rings. The molecule has 5 nitrogen and oxygen atoms in total. The molecule has 0 aliphatic carbocycles. The first kappa shape index (κ1) is 13.7. The zero-order valence-corrected chi connectivity index (χ0v) is 10.5. The molecule has 0 aliphatic rings. The lowest BCUT2D eigenvalue weighted by atomic mass is 10.0. The molecule has 0 atom stereocenters. The van der Waals surface area contributed by atoms with Crippen molar-refractivity contribution in [3.63, 3.8) is 0 Å². The Labute approximate surface area is 113 Å². The number of phenolic OH excluding ortho intramolecular Hbond substituents is 1. The standard InChI is InChI=1S/C14H10FNO4/c1-8(17)9-2-4-10(5-3-9)13-11(15)6-7-12(14(13)18)16(19)20/h2-7,18H,1H3. The number of benzene rings is 2. The van der Waals surface area contributed by atoms with Crippen molar-refractivity contribution < 1.29 is 19.2 Å². The molecule has 0 saturated carbocycles. The van der Waals surface area contributed by atoms with Crippen molar-refractivity contribution in [2.45, 2.75) is 6.92 Å². The highest BCUT2D eigenvalue weighted by atomic mass is 19.1. The van der Waals surface area contributed by atoms with Crippen LogP contribution < -0.4 is 0 Å². The van der Waals surface area contributed by atoms with Gasteiger partial charge in [-0.25, -0.2) is 4.39 Å². The molecule has 2 rings (SSSR count). The normalized spacial score (nSPS) is 10.3. The molecule has 0 saturated heterocycles. The van der Waals surface area contributed by atoms with Crippen molar-refractivity contribution in [1.82, 2.24) is 0 Å². The van der Waals surface area contributed by atoms with E-state index in [9.17, 15) is 24.4 Å². The molecule has 0 radical (unpaired) electrons. The molecule has 0 amide bonds. The van der Waals surface area contributed by atoms with Crippen LogP contribution in [0.1, 0.15) is 17.3 Å². The monoisotopic (exact) mass is 275 g/mol. The van der Waals surface area contributed by atoms with Crippen LogP contribution in [0.3, 0.4) is 0 Å². The van der Waals surface area contributed by atoms with Gasteiger partial charge >= 0.3 is 5.69 Å². The van der Waals surface area contributed by atoms with E-state index < -0.39 is 22.2 Å².